The van der Waals surface area contributed by atoms with Gasteiger partial charge in [-0.25, -0.2) is 0 Å². The Bertz CT molecular complexity index is 113. The van der Waals surface area contributed by atoms with E-state index in [4.69, 9.17) is 12.2 Å². The van der Waals surface area contributed by atoms with Crippen molar-refractivity contribution in [2.24, 2.45) is 11.8 Å². The van der Waals surface area contributed by atoms with Gasteiger partial charge in [0.2, 0.25) is 0 Å². The predicted molar refractivity (Wildman–Crippen MR) is 78.8 cm³/mol. The maximum Gasteiger partial charge on any atom is -0.00435 e. The first-order valence-corrected chi connectivity index (χ1v) is 6.80. The molecule has 0 saturated carbocycles. The van der Waals surface area contributed by atoms with Crippen LogP contribution in [-0.2, 0) is 0 Å². The molecule has 0 aromatic carbocycles. The molecule has 0 spiro atoms. The van der Waals surface area contributed by atoms with E-state index in [0.29, 0.717) is 5.92 Å². The maximum atomic E-state index is 5.15. The molecular formula is C14H32S. The molecule has 15 heavy (non-hydrogen) atoms. The second-order valence-electron chi connectivity index (χ2n) is 4.63. The van der Waals surface area contributed by atoms with Crippen molar-refractivity contribution in [3.63, 3.8) is 0 Å². The Morgan fingerprint density at radius 3 is 1.20 bits per heavy atom. The molecule has 0 bridgehead atoms. The van der Waals surface area contributed by atoms with Crippen LogP contribution in [0.4, 0.5) is 0 Å². The van der Waals surface area contributed by atoms with E-state index in [1.54, 1.807) is 0 Å². The van der Waals surface area contributed by atoms with Crippen LogP contribution in [0, 0.1) is 11.8 Å². The molecule has 0 aromatic heterocycles. The average molecular weight is 232 g/mol. The molecule has 0 N–H and O–H groups in total. The molecular weight excluding hydrogens is 200 g/mol. The fraction of sp³-hybridized carbons (Fsp3) is 0.929. The molecule has 0 aliphatic heterocycles. The van der Waals surface area contributed by atoms with Crippen LogP contribution < -0.4 is 0 Å². The highest BCUT2D eigenvalue weighted by atomic mass is 32.1. The van der Waals surface area contributed by atoms with Gasteiger partial charge in [-0.15, -0.1) is 0 Å². The summed E-state index contributed by atoms with van der Waals surface area (Å²) in [6.07, 6.45) is 3.60. The van der Waals surface area contributed by atoms with Gasteiger partial charge in [-0.3, -0.25) is 0 Å². The average Bonchev–Trinajstić information content (AvgIpc) is 2.05. The number of hydrogen-bond donors (Lipinski definition) is 0. The molecule has 0 amide bonds. The van der Waals surface area contributed by atoms with Gasteiger partial charge in [-0.1, -0.05) is 80.4 Å². The van der Waals surface area contributed by atoms with Crippen molar-refractivity contribution in [2.75, 3.05) is 0 Å². The normalized spacial score (nSPS) is 8.93. The van der Waals surface area contributed by atoms with E-state index in [1.807, 2.05) is 0 Å². The van der Waals surface area contributed by atoms with Crippen molar-refractivity contribution >= 4 is 17.1 Å². The number of thiocarbonyl (C=S) groups is 1. The standard InChI is InChI=1S/C8H16S.2C3H8/c1-6(2)5-8(9)7(3)4;2*1-3-2/h6-7H,5H2,1-4H3;2*3H2,1-2H3. The Hall–Kier alpha value is 0.0900. The van der Waals surface area contributed by atoms with Crippen LogP contribution in [0.2, 0.25) is 0 Å². The van der Waals surface area contributed by atoms with Crippen LogP contribution in [0.1, 0.15) is 74.7 Å². The molecule has 0 aliphatic rings. The number of hydrogen-bond acceptors (Lipinski definition) is 1. The second-order valence-corrected chi connectivity index (χ2v) is 5.16. The van der Waals surface area contributed by atoms with E-state index in [9.17, 15) is 0 Å². The van der Waals surface area contributed by atoms with Crippen molar-refractivity contribution in [1.29, 1.82) is 0 Å². The number of rotatable bonds is 3. The summed E-state index contributed by atoms with van der Waals surface area (Å²) in [4.78, 5) is 1.21. The van der Waals surface area contributed by atoms with Crippen LogP contribution in [0.3, 0.4) is 0 Å². The van der Waals surface area contributed by atoms with E-state index >= 15 is 0 Å². The molecule has 0 unspecified atom stereocenters. The molecule has 0 nitrogen and oxygen atoms in total. The van der Waals surface area contributed by atoms with Gasteiger partial charge >= 0.3 is 0 Å². The summed E-state index contributed by atoms with van der Waals surface area (Å²) in [7, 11) is 0. The summed E-state index contributed by atoms with van der Waals surface area (Å²) in [6.45, 7) is 17.2. The highest BCUT2D eigenvalue weighted by Crippen LogP contribution is 2.08. The topological polar surface area (TPSA) is 0 Å². The predicted octanol–water partition coefficient (Wildman–Crippen LogP) is 5.89. The quantitative estimate of drug-likeness (QED) is 0.547. The highest BCUT2D eigenvalue weighted by molar-refractivity contribution is 7.80. The van der Waals surface area contributed by atoms with Crippen molar-refractivity contribution in [3.05, 3.63) is 0 Å². The third kappa shape index (κ3) is 31.5. The van der Waals surface area contributed by atoms with Gasteiger partial charge < -0.3 is 0 Å². The van der Waals surface area contributed by atoms with E-state index in [2.05, 4.69) is 55.4 Å². The Morgan fingerprint density at radius 2 is 1.13 bits per heavy atom. The minimum absolute atomic E-state index is 0.586. The molecule has 0 fully saturated rings. The third-order valence-electron chi connectivity index (χ3n) is 1.25. The van der Waals surface area contributed by atoms with Gasteiger partial charge in [-0.05, 0) is 23.1 Å². The van der Waals surface area contributed by atoms with Crippen molar-refractivity contribution in [3.8, 4) is 0 Å². The van der Waals surface area contributed by atoms with Crippen molar-refractivity contribution < 1.29 is 0 Å². The van der Waals surface area contributed by atoms with E-state index in [-0.39, 0.29) is 0 Å². The summed E-state index contributed by atoms with van der Waals surface area (Å²) in [5.41, 5.74) is 0. The fourth-order valence-electron chi connectivity index (χ4n) is 0.638. The zero-order chi connectivity index (χ0) is 12.9. The first-order valence-electron chi connectivity index (χ1n) is 6.39. The van der Waals surface area contributed by atoms with Crippen LogP contribution in [0.25, 0.3) is 0 Å². The summed E-state index contributed by atoms with van der Waals surface area (Å²) in [5.74, 6) is 1.31. The van der Waals surface area contributed by atoms with Gasteiger partial charge in [0.1, 0.15) is 0 Å². The van der Waals surface area contributed by atoms with E-state index in [1.165, 1.54) is 17.7 Å². The molecule has 0 radical (unpaired) electrons. The smallest absolute Gasteiger partial charge is 0.00435 e. The summed E-state index contributed by atoms with van der Waals surface area (Å²) in [6, 6.07) is 0. The molecule has 0 rings (SSSR count). The van der Waals surface area contributed by atoms with Crippen LogP contribution in [-0.4, -0.2) is 4.86 Å². The van der Waals surface area contributed by atoms with Gasteiger partial charge in [-0.2, -0.15) is 0 Å². The third-order valence-corrected chi connectivity index (χ3v) is 1.89. The second kappa shape index (κ2) is 16.5. The minimum atomic E-state index is 0.586. The van der Waals surface area contributed by atoms with Gasteiger partial charge in [0, 0.05) is 0 Å². The molecule has 0 saturated heterocycles. The molecule has 1 heteroatoms. The first-order chi connectivity index (χ1) is 6.87. The molecule has 94 valence electrons. The summed E-state index contributed by atoms with van der Waals surface area (Å²) >= 11 is 5.15. The Balaban J connectivity index is -0.000000200. The fourth-order valence-corrected chi connectivity index (χ4v) is 0.971. The van der Waals surface area contributed by atoms with Gasteiger partial charge in [0.05, 0.1) is 0 Å². The van der Waals surface area contributed by atoms with Crippen LogP contribution in [0.15, 0.2) is 0 Å². The maximum absolute atomic E-state index is 5.15. The van der Waals surface area contributed by atoms with Crippen LogP contribution >= 0.6 is 12.2 Å². The van der Waals surface area contributed by atoms with Crippen LogP contribution in [0.5, 0.6) is 0 Å². The van der Waals surface area contributed by atoms with Crippen molar-refractivity contribution in [2.45, 2.75) is 74.7 Å². The molecule has 0 aromatic rings. The summed E-state index contributed by atoms with van der Waals surface area (Å²) < 4.78 is 0. The zero-order valence-electron chi connectivity index (χ0n) is 12.2. The lowest BCUT2D eigenvalue weighted by Gasteiger charge is -2.08. The van der Waals surface area contributed by atoms with Gasteiger partial charge in [0.25, 0.3) is 0 Å². The SMILES string of the molecule is CC(C)CC(=S)C(C)C.CCC.CCC. The highest BCUT2D eigenvalue weighted by Gasteiger charge is 2.03. The Labute approximate surface area is 104 Å². The largest absolute Gasteiger partial charge is 0.0894 e. The molecule has 0 aliphatic carbocycles. The molecule has 0 heterocycles. The minimum Gasteiger partial charge on any atom is -0.0894 e. The lowest BCUT2D eigenvalue weighted by molar-refractivity contribution is 0.668. The van der Waals surface area contributed by atoms with Crippen molar-refractivity contribution in [1.82, 2.24) is 0 Å². The Kier molecular flexibility index (Phi) is 22.6. The zero-order valence-corrected chi connectivity index (χ0v) is 13.0. The lowest BCUT2D eigenvalue weighted by atomic mass is 10.0. The first kappa shape index (κ1) is 20.5. The monoisotopic (exact) mass is 232 g/mol. The summed E-state index contributed by atoms with van der Waals surface area (Å²) in [5, 5.41) is 0. The lowest BCUT2D eigenvalue weighted by Crippen LogP contribution is -2.06. The van der Waals surface area contributed by atoms with E-state index in [0.717, 1.165) is 12.3 Å². The van der Waals surface area contributed by atoms with E-state index < -0.39 is 0 Å². The Morgan fingerprint density at radius 1 is 0.867 bits per heavy atom. The van der Waals surface area contributed by atoms with Gasteiger partial charge in [0.15, 0.2) is 0 Å². The molecule has 0 atom stereocenters.